The normalized spacial score (nSPS) is 18.0. The minimum atomic E-state index is -0.740. The van der Waals surface area contributed by atoms with Crippen molar-refractivity contribution in [2.45, 2.75) is 19.8 Å². The van der Waals surface area contributed by atoms with Crippen molar-refractivity contribution in [3.63, 3.8) is 0 Å². The average Bonchev–Trinajstić information content (AvgIpc) is 2.54. The maximum atomic E-state index is 11.2. The van der Waals surface area contributed by atoms with Crippen LogP contribution in [0.25, 0.3) is 11.4 Å². The Bertz CT molecular complexity index is 736. The van der Waals surface area contributed by atoms with Gasteiger partial charge < -0.3 is 10.0 Å². The van der Waals surface area contributed by atoms with Gasteiger partial charge in [0.25, 0.3) is 0 Å². The van der Waals surface area contributed by atoms with Crippen LogP contribution in [0, 0.1) is 12.8 Å². The second-order valence-corrected chi connectivity index (χ2v) is 6.26. The van der Waals surface area contributed by atoms with E-state index in [0.717, 1.165) is 36.5 Å². The number of aliphatic carboxylic acids is 1. The number of halogens is 1. The number of piperidine rings is 1. The van der Waals surface area contributed by atoms with Crippen LogP contribution in [0.5, 0.6) is 0 Å². The molecule has 23 heavy (non-hydrogen) atoms. The van der Waals surface area contributed by atoms with Gasteiger partial charge in [-0.3, -0.25) is 4.79 Å². The fourth-order valence-electron chi connectivity index (χ4n) is 2.86. The highest BCUT2D eigenvalue weighted by Crippen LogP contribution is 2.26. The zero-order valence-electron chi connectivity index (χ0n) is 12.9. The Morgan fingerprint density at radius 2 is 2.17 bits per heavy atom. The van der Waals surface area contributed by atoms with Crippen molar-refractivity contribution < 1.29 is 9.90 Å². The van der Waals surface area contributed by atoms with E-state index in [9.17, 15) is 9.90 Å². The number of aromatic nitrogens is 2. The molecular weight excluding hydrogens is 314 g/mol. The number of carboxylic acid groups (broad SMARTS) is 1. The molecule has 0 aliphatic carbocycles. The van der Waals surface area contributed by atoms with Gasteiger partial charge in [0.2, 0.25) is 0 Å². The fraction of sp³-hybridized carbons (Fsp3) is 0.353. The van der Waals surface area contributed by atoms with Gasteiger partial charge in [0, 0.05) is 35.4 Å². The highest BCUT2D eigenvalue weighted by atomic mass is 35.5. The van der Waals surface area contributed by atoms with Crippen LogP contribution in [0.4, 0.5) is 5.82 Å². The zero-order valence-corrected chi connectivity index (χ0v) is 13.6. The van der Waals surface area contributed by atoms with Crippen molar-refractivity contribution in [2.75, 3.05) is 18.0 Å². The summed E-state index contributed by atoms with van der Waals surface area (Å²) in [5, 5.41) is 9.88. The van der Waals surface area contributed by atoms with Crippen LogP contribution in [-0.4, -0.2) is 34.1 Å². The number of benzene rings is 1. The van der Waals surface area contributed by atoms with Gasteiger partial charge in [-0.1, -0.05) is 23.7 Å². The number of hydrogen-bond donors (Lipinski definition) is 1. The lowest BCUT2D eigenvalue weighted by atomic mass is 9.98. The van der Waals surface area contributed by atoms with Crippen molar-refractivity contribution in [1.82, 2.24) is 9.97 Å². The standard InChI is InChI=1S/C17H18ClN3O2/c1-11-8-15(21-7-3-5-13(10-21)17(22)23)20-16(19-11)12-4-2-6-14(18)9-12/h2,4,6,8-9,13H,3,5,7,10H2,1H3,(H,22,23). The van der Waals surface area contributed by atoms with Gasteiger partial charge in [0.05, 0.1) is 5.92 Å². The average molecular weight is 332 g/mol. The largest absolute Gasteiger partial charge is 0.481 e. The van der Waals surface area contributed by atoms with Crippen LogP contribution in [-0.2, 0) is 4.79 Å². The molecule has 0 radical (unpaired) electrons. The molecule has 0 saturated carbocycles. The lowest BCUT2D eigenvalue weighted by molar-refractivity contribution is -0.141. The summed E-state index contributed by atoms with van der Waals surface area (Å²) < 4.78 is 0. The summed E-state index contributed by atoms with van der Waals surface area (Å²) in [6.07, 6.45) is 1.57. The quantitative estimate of drug-likeness (QED) is 0.933. The van der Waals surface area contributed by atoms with Crippen molar-refractivity contribution >= 4 is 23.4 Å². The van der Waals surface area contributed by atoms with Crippen LogP contribution >= 0.6 is 11.6 Å². The van der Waals surface area contributed by atoms with E-state index in [1.165, 1.54) is 0 Å². The molecule has 1 aliphatic rings. The summed E-state index contributed by atoms with van der Waals surface area (Å²) in [6, 6.07) is 9.32. The maximum Gasteiger partial charge on any atom is 0.308 e. The Morgan fingerprint density at radius 3 is 2.91 bits per heavy atom. The zero-order chi connectivity index (χ0) is 16.4. The summed E-state index contributed by atoms with van der Waals surface area (Å²) in [5.74, 6) is 0.308. The maximum absolute atomic E-state index is 11.2. The number of carbonyl (C=O) groups is 1. The molecule has 1 atom stereocenters. The van der Waals surface area contributed by atoms with Crippen molar-refractivity contribution in [1.29, 1.82) is 0 Å². The van der Waals surface area contributed by atoms with Gasteiger partial charge in [-0.05, 0) is 31.9 Å². The molecule has 1 aromatic heterocycles. The number of rotatable bonds is 3. The van der Waals surface area contributed by atoms with Crippen molar-refractivity contribution in [3.8, 4) is 11.4 Å². The molecule has 0 amide bonds. The fourth-order valence-corrected chi connectivity index (χ4v) is 3.05. The molecule has 0 bridgehead atoms. The smallest absolute Gasteiger partial charge is 0.308 e. The minimum absolute atomic E-state index is 0.339. The van der Waals surface area contributed by atoms with E-state index in [2.05, 4.69) is 9.97 Å². The Labute approximate surface area is 139 Å². The van der Waals surface area contributed by atoms with Gasteiger partial charge in [-0.25, -0.2) is 9.97 Å². The summed E-state index contributed by atoms with van der Waals surface area (Å²) in [6.45, 7) is 3.22. The van der Waals surface area contributed by atoms with Crippen molar-refractivity contribution in [3.05, 3.63) is 41.0 Å². The third-order valence-corrected chi connectivity index (χ3v) is 4.25. The van der Waals surface area contributed by atoms with E-state index in [0.29, 0.717) is 17.4 Å². The second-order valence-electron chi connectivity index (χ2n) is 5.82. The topological polar surface area (TPSA) is 66.3 Å². The molecule has 120 valence electrons. The summed E-state index contributed by atoms with van der Waals surface area (Å²) in [5.41, 5.74) is 1.71. The molecule has 3 rings (SSSR count). The van der Waals surface area contributed by atoms with Crippen LogP contribution in [0.15, 0.2) is 30.3 Å². The van der Waals surface area contributed by atoms with Gasteiger partial charge in [0.1, 0.15) is 5.82 Å². The third-order valence-electron chi connectivity index (χ3n) is 4.02. The molecule has 2 aromatic rings. The second kappa shape index (κ2) is 6.54. The highest BCUT2D eigenvalue weighted by molar-refractivity contribution is 6.30. The lowest BCUT2D eigenvalue weighted by Gasteiger charge is -2.31. The highest BCUT2D eigenvalue weighted by Gasteiger charge is 2.26. The Morgan fingerprint density at radius 1 is 1.35 bits per heavy atom. The van der Waals surface area contributed by atoms with E-state index in [1.807, 2.05) is 42.2 Å². The third kappa shape index (κ3) is 3.62. The van der Waals surface area contributed by atoms with E-state index in [1.54, 1.807) is 0 Å². The first-order chi connectivity index (χ1) is 11.0. The molecule has 1 unspecified atom stereocenters. The van der Waals surface area contributed by atoms with E-state index in [-0.39, 0.29) is 5.92 Å². The lowest BCUT2D eigenvalue weighted by Crippen LogP contribution is -2.39. The van der Waals surface area contributed by atoms with Crippen LogP contribution in [0.3, 0.4) is 0 Å². The predicted molar refractivity (Wildman–Crippen MR) is 89.8 cm³/mol. The number of nitrogens with zero attached hydrogens (tertiary/aromatic N) is 3. The predicted octanol–water partition coefficient (Wildman–Crippen LogP) is 3.41. The molecule has 1 aromatic carbocycles. The SMILES string of the molecule is Cc1cc(N2CCCC(C(=O)O)C2)nc(-c2cccc(Cl)c2)n1. The molecular formula is C17H18ClN3O2. The van der Waals surface area contributed by atoms with E-state index in [4.69, 9.17) is 11.6 Å². The van der Waals surface area contributed by atoms with Crippen LogP contribution in [0.1, 0.15) is 18.5 Å². The number of hydrogen-bond acceptors (Lipinski definition) is 4. The van der Waals surface area contributed by atoms with Gasteiger partial charge in [0.15, 0.2) is 5.82 Å². The molecule has 0 spiro atoms. The Kier molecular flexibility index (Phi) is 4.48. The first kappa shape index (κ1) is 15.7. The van der Waals surface area contributed by atoms with Crippen molar-refractivity contribution in [2.24, 2.45) is 5.92 Å². The Balaban J connectivity index is 1.93. The molecule has 2 heterocycles. The summed E-state index contributed by atoms with van der Waals surface area (Å²) in [4.78, 5) is 22.4. The summed E-state index contributed by atoms with van der Waals surface area (Å²) in [7, 11) is 0. The van der Waals surface area contributed by atoms with Crippen LogP contribution < -0.4 is 4.90 Å². The molecule has 1 aliphatic heterocycles. The van der Waals surface area contributed by atoms with E-state index >= 15 is 0 Å². The first-order valence-electron chi connectivity index (χ1n) is 7.62. The molecule has 1 saturated heterocycles. The molecule has 1 N–H and O–H groups in total. The first-order valence-corrected chi connectivity index (χ1v) is 8.00. The van der Waals surface area contributed by atoms with Gasteiger partial charge in [-0.15, -0.1) is 0 Å². The monoisotopic (exact) mass is 331 g/mol. The minimum Gasteiger partial charge on any atom is -0.481 e. The van der Waals surface area contributed by atoms with E-state index < -0.39 is 5.97 Å². The summed E-state index contributed by atoms with van der Waals surface area (Å²) >= 11 is 6.05. The number of aryl methyl sites for hydroxylation is 1. The molecule has 5 nitrogen and oxygen atoms in total. The number of carboxylic acids is 1. The Hall–Kier alpha value is -2.14. The van der Waals surface area contributed by atoms with Gasteiger partial charge in [-0.2, -0.15) is 0 Å². The molecule has 6 heteroatoms. The number of anilines is 1. The molecule has 1 fully saturated rings. The van der Waals surface area contributed by atoms with Gasteiger partial charge >= 0.3 is 5.97 Å². The van der Waals surface area contributed by atoms with Crippen LogP contribution in [0.2, 0.25) is 5.02 Å².